The van der Waals surface area contributed by atoms with Crippen molar-refractivity contribution in [3.8, 4) is 11.5 Å². The fourth-order valence-electron chi connectivity index (χ4n) is 4.35. The van der Waals surface area contributed by atoms with Crippen molar-refractivity contribution in [1.29, 1.82) is 0 Å². The first-order valence-corrected chi connectivity index (χ1v) is 12.9. The van der Waals surface area contributed by atoms with Crippen LogP contribution in [0.2, 0.25) is 0 Å². The fourth-order valence-corrected chi connectivity index (χ4v) is 4.35. The molecule has 0 unspecified atom stereocenters. The molecular formula is C27H47N3O5. The van der Waals surface area contributed by atoms with E-state index in [2.05, 4.69) is 24.2 Å². The van der Waals surface area contributed by atoms with Crippen molar-refractivity contribution in [1.82, 2.24) is 5.32 Å². The van der Waals surface area contributed by atoms with Gasteiger partial charge in [0, 0.05) is 26.9 Å². The molecule has 0 fully saturated rings. The van der Waals surface area contributed by atoms with Gasteiger partial charge in [-0.15, -0.1) is 0 Å². The molecule has 8 heteroatoms. The number of aliphatic hydroxyl groups is 1. The predicted octanol–water partition coefficient (Wildman–Crippen LogP) is 4.16. The van der Waals surface area contributed by atoms with Crippen LogP contribution in [0.5, 0.6) is 11.5 Å². The number of carbonyl (C=O) groups is 1. The van der Waals surface area contributed by atoms with Crippen LogP contribution >= 0.6 is 0 Å². The lowest BCUT2D eigenvalue weighted by Gasteiger charge is -2.27. The summed E-state index contributed by atoms with van der Waals surface area (Å²) in [6.07, 6.45) is 6.87. The van der Waals surface area contributed by atoms with E-state index in [0.29, 0.717) is 49.2 Å². The van der Waals surface area contributed by atoms with Crippen LogP contribution < -0.4 is 15.8 Å². The minimum absolute atomic E-state index is 0.0862. The number of guanidine groups is 1. The van der Waals surface area contributed by atoms with Crippen LogP contribution in [0.4, 0.5) is 0 Å². The summed E-state index contributed by atoms with van der Waals surface area (Å²) in [5, 5.41) is 23.8. The van der Waals surface area contributed by atoms with Gasteiger partial charge in [0.15, 0.2) is 17.5 Å². The lowest BCUT2D eigenvalue weighted by molar-refractivity contribution is -0.148. The third kappa shape index (κ3) is 12.7. The molecular weight excluding hydrogens is 446 g/mol. The van der Waals surface area contributed by atoms with Crippen molar-refractivity contribution >= 4 is 11.9 Å². The first-order valence-electron chi connectivity index (χ1n) is 12.9. The molecule has 0 aliphatic rings. The number of benzene rings is 1. The van der Waals surface area contributed by atoms with Gasteiger partial charge >= 0.3 is 5.97 Å². The zero-order valence-corrected chi connectivity index (χ0v) is 22.3. The Balaban J connectivity index is 2.69. The molecule has 0 heterocycles. The molecule has 5 N–H and O–H groups in total. The van der Waals surface area contributed by atoms with E-state index < -0.39 is 6.10 Å². The Kier molecular flexibility index (Phi) is 14.9. The number of rotatable bonds is 17. The predicted molar refractivity (Wildman–Crippen MR) is 141 cm³/mol. The minimum Gasteiger partial charge on any atom is -0.504 e. The van der Waals surface area contributed by atoms with E-state index >= 15 is 0 Å². The van der Waals surface area contributed by atoms with E-state index in [0.717, 1.165) is 24.9 Å². The van der Waals surface area contributed by atoms with Gasteiger partial charge in [0.25, 0.3) is 0 Å². The number of unbranched alkanes of at least 4 members (excludes halogenated alkanes) is 2. The Morgan fingerprint density at radius 2 is 1.94 bits per heavy atom. The average molecular weight is 494 g/mol. The Bertz CT molecular complexity index is 771. The number of nitrogens with one attached hydrogen (secondary N) is 1. The summed E-state index contributed by atoms with van der Waals surface area (Å²) >= 11 is 0. The minimum atomic E-state index is -0.573. The highest BCUT2D eigenvalue weighted by molar-refractivity contribution is 5.77. The number of aryl methyl sites for hydroxylation is 1. The van der Waals surface area contributed by atoms with Gasteiger partial charge in [-0.25, -0.2) is 0 Å². The van der Waals surface area contributed by atoms with Crippen molar-refractivity contribution < 1.29 is 24.5 Å². The number of carbonyl (C=O) groups excluding carboxylic acids is 1. The molecule has 0 aliphatic carbocycles. The summed E-state index contributed by atoms with van der Waals surface area (Å²) in [7, 11) is 3.17. The zero-order chi connectivity index (χ0) is 26.2. The fraction of sp³-hybridized carbons (Fsp3) is 0.704. The van der Waals surface area contributed by atoms with E-state index in [1.54, 1.807) is 19.2 Å². The number of aromatic hydroxyl groups is 1. The largest absolute Gasteiger partial charge is 0.504 e. The molecule has 1 aromatic carbocycles. The van der Waals surface area contributed by atoms with Gasteiger partial charge in [0.1, 0.15) is 6.10 Å². The summed E-state index contributed by atoms with van der Waals surface area (Å²) in [5.41, 5.74) is 6.80. The number of ether oxygens (including phenoxy) is 2. The summed E-state index contributed by atoms with van der Waals surface area (Å²) in [5.74, 6) is 1.43. The lowest BCUT2D eigenvalue weighted by Crippen LogP contribution is -2.37. The van der Waals surface area contributed by atoms with E-state index in [1.807, 2.05) is 6.07 Å². The lowest BCUT2D eigenvalue weighted by atomic mass is 9.84. The van der Waals surface area contributed by atoms with Crippen LogP contribution in [-0.2, 0) is 16.0 Å². The van der Waals surface area contributed by atoms with Crippen molar-refractivity contribution in [2.75, 3.05) is 20.7 Å². The number of phenolic OH excluding ortho intramolecular Hbond substituents is 1. The Morgan fingerprint density at radius 3 is 2.57 bits per heavy atom. The molecule has 200 valence electrons. The van der Waals surface area contributed by atoms with E-state index in [4.69, 9.17) is 15.2 Å². The normalized spacial score (nSPS) is 15.2. The summed E-state index contributed by atoms with van der Waals surface area (Å²) in [6.45, 7) is 6.58. The molecule has 0 saturated heterocycles. The monoisotopic (exact) mass is 493 g/mol. The number of hydrogen-bond donors (Lipinski definition) is 4. The number of esters is 1. The van der Waals surface area contributed by atoms with Crippen LogP contribution in [0, 0.1) is 11.8 Å². The topological polar surface area (TPSA) is 126 Å². The highest BCUT2D eigenvalue weighted by Gasteiger charge is 2.22. The first-order chi connectivity index (χ1) is 16.7. The zero-order valence-electron chi connectivity index (χ0n) is 22.3. The average Bonchev–Trinajstić information content (AvgIpc) is 2.82. The van der Waals surface area contributed by atoms with Gasteiger partial charge in [-0.2, -0.15) is 0 Å². The van der Waals surface area contributed by atoms with Crippen LogP contribution in [0.1, 0.15) is 77.7 Å². The summed E-state index contributed by atoms with van der Waals surface area (Å²) in [4.78, 5) is 15.6. The smallest absolute Gasteiger partial charge is 0.302 e. The van der Waals surface area contributed by atoms with Gasteiger partial charge in [-0.3, -0.25) is 9.79 Å². The molecule has 0 amide bonds. The van der Waals surface area contributed by atoms with Crippen molar-refractivity contribution in [3.05, 3.63) is 23.8 Å². The highest BCUT2D eigenvalue weighted by Crippen LogP contribution is 2.28. The maximum atomic E-state index is 11.7. The van der Waals surface area contributed by atoms with Gasteiger partial charge in [-0.1, -0.05) is 45.6 Å². The van der Waals surface area contributed by atoms with E-state index in [1.165, 1.54) is 33.3 Å². The van der Waals surface area contributed by atoms with Crippen molar-refractivity contribution in [2.24, 2.45) is 22.6 Å². The Morgan fingerprint density at radius 1 is 1.20 bits per heavy atom. The van der Waals surface area contributed by atoms with Crippen molar-refractivity contribution in [3.63, 3.8) is 0 Å². The van der Waals surface area contributed by atoms with Crippen LogP contribution in [0.3, 0.4) is 0 Å². The molecule has 0 radical (unpaired) electrons. The maximum absolute atomic E-state index is 11.7. The van der Waals surface area contributed by atoms with E-state index in [-0.39, 0.29) is 17.8 Å². The maximum Gasteiger partial charge on any atom is 0.302 e. The molecule has 8 nitrogen and oxygen atoms in total. The Hall–Kier alpha value is -2.48. The number of methoxy groups -OCH3 is 1. The third-order valence-corrected chi connectivity index (χ3v) is 6.59. The molecule has 1 aromatic rings. The molecule has 0 aromatic heterocycles. The second kappa shape index (κ2) is 17.0. The molecule has 0 bridgehead atoms. The number of hydrogen-bond acceptors (Lipinski definition) is 6. The Labute approximate surface area is 211 Å². The second-order valence-electron chi connectivity index (χ2n) is 9.47. The number of nitrogens with two attached hydrogens (primary N) is 1. The highest BCUT2D eigenvalue weighted by atomic mass is 16.5. The van der Waals surface area contributed by atoms with Crippen molar-refractivity contribution in [2.45, 2.75) is 90.8 Å². The summed E-state index contributed by atoms with van der Waals surface area (Å²) in [6, 6.07) is 5.19. The molecule has 0 aliphatic heterocycles. The molecule has 0 saturated carbocycles. The van der Waals surface area contributed by atoms with Gasteiger partial charge < -0.3 is 30.7 Å². The quantitative estimate of drug-likeness (QED) is 0.111. The summed E-state index contributed by atoms with van der Waals surface area (Å²) < 4.78 is 10.7. The van der Waals surface area contributed by atoms with E-state index in [9.17, 15) is 15.0 Å². The molecule has 0 spiro atoms. The standard InChI is InChI=1S/C27H47N3O5/c1-6-7-8-9-19(2)22(18-30-27(28)29-4)12-13-23(32)17-24(35-20(3)31)14-10-21-11-15-25(33)26(16-21)34-5/h11,15-16,19,22-24,32-33H,6-10,12-14,17-18H2,1-5H3,(H3,28,29,30)/t19-,22+,23-,24+/m0/s1. The number of aliphatic hydroxyl groups excluding tert-OH is 1. The molecule has 1 rings (SSSR count). The number of aliphatic imine (C=N–C) groups is 1. The molecule has 4 atom stereocenters. The third-order valence-electron chi connectivity index (χ3n) is 6.59. The van der Waals surface area contributed by atoms with Gasteiger partial charge in [-0.05, 0) is 55.2 Å². The van der Waals surface area contributed by atoms with Gasteiger partial charge in [0.05, 0.1) is 13.2 Å². The van der Waals surface area contributed by atoms with Crippen LogP contribution in [0.15, 0.2) is 23.2 Å². The SMILES string of the molecule is CCCCC[C@H](C)[C@H](CC[C@H](O)C[C@@H](CCc1ccc(O)c(OC)c1)OC(C)=O)CNC(N)=NC. The number of phenols is 1. The number of nitrogens with zero attached hydrogens (tertiary/aromatic N) is 1. The van der Waals surface area contributed by atoms with Gasteiger partial charge in [0.2, 0.25) is 0 Å². The molecule has 35 heavy (non-hydrogen) atoms. The van der Waals surface area contributed by atoms with Crippen LogP contribution in [-0.4, -0.2) is 55.1 Å². The first kappa shape index (κ1) is 30.6. The second-order valence-corrected chi connectivity index (χ2v) is 9.47. The van der Waals surface area contributed by atoms with Crippen LogP contribution in [0.25, 0.3) is 0 Å².